The lowest BCUT2D eigenvalue weighted by atomic mass is 10.1. The Morgan fingerprint density at radius 3 is 2.72 bits per heavy atom. The van der Waals surface area contributed by atoms with Gasteiger partial charge in [0.2, 0.25) is 5.91 Å². The number of hydrogen-bond donors (Lipinski definition) is 0. The molecule has 1 aliphatic heterocycles. The van der Waals surface area contributed by atoms with E-state index in [0.29, 0.717) is 24.9 Å². The van der Waals surface area contributed by atoms with Gasteiger partial charge in [0, 0.05) is 13.0 Å². The summed E-state index contributed by atoms with van der Waals surface area (Å²) < 4.78 is 25.7. The number of piperidine rings is 1. The van der Waals surface area contributed by atoms with E-state index in [9.17, 15) is 18.4 Å². The van der Waals surface area contributed by atoms with E-state index in [1.807, 2.05) is 0 Å². The van der Waals surface area contributed by atoms with Crippen molar-refractivity contribution >= 4 is 11.7 Å². The average molecular weight is 253 g/mol. The first-order valence-electron chi connectivity index (χ1n) is 5.79. The molecule has 0 radical (unpaired) electrons. The summed E-state index contributed by atoms with van der Waals surface area (Å²) in [5, 5.41) is 0. The minimum absolute atomic E-state index is 0.00944. The topological polar surface area (TPSA) is 37.4 Å². The number of carbonyl (C=O) groups is 2. The standard InChI is InChI=1S/C13H13F2NO2/c14-11-4-3-9(6-12(11)15)7-13(18)16-5-1-2-10(17)8-16/h3-4,6H,1-2,5,7-8H2. The Labute approximate surface area is 103 Å². The SMILES string of the molecule is O=C1CCCN(C(=O)Cc2ccc(F)c(F)c2)C1. The van der Waals surface area contributed by atoms with Gasteiger partial charge in [-0.05, 0) is 24.1 Å². The van der Waals surface area contributed by atoms with Gasteiger partial charge in [-0.25, -0.2) is 8.78 Å². The van der Waals surface area contributed by atoms with Crippen molar-refractivity contribution < 1.29 is 18.4 Å². The molecule has 1 saturated heterocycles. The minimum Gasteiger partial charge on any atom is -0.335 e. The molecule has 0 bridgehead atoms. The number of likely N-dealkylation sites (tertiary alicyclic amines) is 1. The Balaban J connectivity index is 2.02. The molecule has 1 aliphatic rings. The van der Waals surface area contributed by atoms with Crippen LogP contribution in [0.4, 0.5) is 8.78 Å². The minimum atomic E-state index is -0.963. The molecule has 0 saturated carbocycles. The van der Waals surface area contributed by atoms with Crippen LogP contribution in [0.5, 0.6) is 0 Å². The lowest BCUT2D eigenvalue weighted by molar-refractivity contribution is -0.137. The van der Waals surface area contributed by atoms with Crippen LogP contribution in [0.2, 0.25) is 0 Å². The van der Waals surface area contributed by atoms with E-state index in [1.165, 1.54) is 11.0 Å². The maximum Gasteiger partial charge on any atom is 0.227 e. The predicted octanol–water partition coefficient (Wildman–Crippen LogP) is 1.70. The molecule has 0 aromatic heterocycles. The quantitative estimate of drug-likeness (QED) is 0.804. The number of amides is 1. The highest BCUT2D eigenvalue weighted by atomic mass is 19.2. The summed E-state index contributed by atoms with van der Waals surface area (Å²) in [5.74, 6) is -2.08. The number of halogens is 2. The summed E-state index contributed by atoms with van der Waals surface area (Å²) in [7, 11) is 0. The Morgan fingerprint density at radius 2 is 2.06 bits per heavy atom. The van der Waals surface area contributed by atoms with Crippen LogP contribution in [-0.2, 0) is 16.0 Å². The molecule has 0 unspecified atom stereocenters. The van der Waals surface area contributed by atoms with Crippen molar-refractivity contribution in [3.8, 4) is 0 Å². The molecule has 0 aliphatic carbocycles. The zero-order valence-electron chi connectivity index (χ0n) is 9.79. The van der Waals surface area contributed by atoms with Gasteiger partial charge in [0.05, 0.1) is 13.0 Å². The summed E-state index contributed by atoms with van der Waals surface area (Å²) in [6.07, 6.45) is 1.17. The first-order chi connectivity index (χ1) is 8.56. The summed E-state index contributed by atoms with van der Waals surface area (Å²) in [6.45, 7) is 0.677. The molecular formula is C13H13F2NO2. The second kappa shape index (κ2) is 5.25. The highest BCUT2D eigenvalue weighted by Gasteiger charge is 2.21. The molecule has 0 atom stereocenters. The second-order valence-corrected chi connectivity index (χ2v) is 4.38. The molecule has 5 heteroatoms. The molecular weight excluding hydrogens is 240 g/mol. The van der Waals surface area contributed by atoms with Gasteiger partial charge in [0.1, 0.15) is 0 Å². The fourth-order valence-corrected chi connectivity index (χ4v) is 1.99. The third-order valence-electron chi connectivity index (χ3n) is 2.94. The number of ketones is 1. The largest absolute Gasteiger partial charge is 0.335 e. The first kappa shape index (κ1) is 12.7. The van der Waals surface area contributed by atoms with E-state index < -0.39 is 11.6 Å². The second-order valence-electron chi connectivity index (χ2n) is 4.38. The lowest BCUT2D eigenvalue weighted by Gasteiger charge is -2.25. The molecule has 0 N–H and O–H groups in total. The number of rotatable bonds is 2. The van der Waals surface area contributed by atoms with Crippen molar-refractivity contribution in [2.75, 3.05) is 13.1 Å². The van der Waals surface area contributed by atoms with E-state index in [2.05, 4.69) is 0 Å². The summed E-state index contributed by atoms with van der Waals surface area (Å²) in [6, 6.07) is 3.39. The van der Waals surface area contributed by atoms with Gasteiger partial charge in [-0.1, -0.05) is 6.07 Å². The molecule has 0 spiro atoms. The fourth-order valence-electron chi connectivity index (χ4n) is 1.99. The van der Waals surface area contributed by atoms with E-state index >= 15 is 0 Å². The van der Waals surface area contributed by atoms with Crippen LogP contribution in [0.25, 0.3) is 0 Å². The van der Waals surface area contributed by atoms with Crippen LogP contribution < -0.4 is 0 Å². The molecule has 96 valence electrons. The molecule has 1 amide bonds. The maximum atomic E-state index is 13.0. The normalized spacial score (nSPS) is 15.9. The predicted molar refractivity (Wildman–Crippen MR) is 60.9 cm³/mol. The molecule has 1 aromatic carbocycles. The number of carbonyl (C=O) groups excluding carboxylic acids is 2. The molecule has 18 heavy (non-hydrogen) atoms. The van der Waals surface area contributed by atoms with Crippen LogP contribution in [-0.4, -0.2) is 29.7 Å². The maximum absolute atomic E-state index is 13.0. The van der Waals surface area contributed by atoms with E-state index in [1.54, 1.807) is 0 Å². The monoisotopic (exact) mass is 253 g/mol. The van der Waals surface area contributed by atoms with Crippen molar-refractivity contribution in [2.24, 2.45) is 0 Å². The fraction of sp³-hybridized carbons (Fsp3) is 0.385. The molecule has 3 nitrogen and oxygen atoms in total. The third-order valence-corrected chi connectivity index (χ3v) is 2.94. The number of Topliss-reactive ketones (excluding diaryl/α,β-unsaturated/α-hetero) is 1. The summed E-state index contributed by atoms with van der Waals surface area (Å²) >= 11 is 0. The van der Waals surface area contributed by atoms with Gasteiger partial charge >= 0.3 is 0 Å². The van der Waals surface area contributed by atoms with Crippen LogP contribution in [0, 0.1) is 11.6 Å². The van der Waals surface area contributed by atoms with Crippen LogP contribution in [0.15, 0.2) is 18.2 Å². The number of nitrogens with zero attached hydrogens (tertiary/aromatic N) is 1. The van der Waals surface area contributed by atoms with Crippen LogP contribution in [0.1, 0.15) is 18.4 Å². The Morgan fingerprint density at radius 1 is 1.28 bits per heavy atom. The van der Waals surface area contributed by atoms with E-state index in [0.717, 1.165) is 12.1 Å². The highest BCUT2D eigenvalue weighted by molar-refractivity contribution is 5.88. The van der Waals surface area contributed by atoms with Crippen molar-refractivity contribution in [1.82, 2.24) is 4.90 Å². The summed E-state index contributed by atoms with van der Waals surface area (Å²) in [5.41, 5.74) is 0.414. The van der Waals surface area contributed by atoms with Crippen molar-refractivity contribution in [1.29, 1.82) is 0 Å². The molecule has 1 heterocycles. The zero-order chi connectivity index (χ0) is 13.1. The molecule has 1 fully saturated rings. The van der Waals surface area contributed by atoms with Gasteiger partial charge in [0.15, 0.2) is 17.4 Å². The smallest absolute Gasteiger partial charge is 0.227 e. The number of hydrogen-bond acceptors (Lipinski definition) is 2. The molecule has 1 aromatic rings. The Hall–Kier alpha value is -1.78. The third kappa shape index (κ3) is 2.91. The van der Waals surface area contributed by atoms with Gasteiger partial charge < -0.3 is 4.90 Å². The van der Waals surface area contributed by atoms with Crippen molar-refractivity contribution in [3.63, 3.8) is 0 Å². The average Bonchev–Trinajstić information content (AvgIpc) is 2.34. The van der Waals surface area contributed by atoms with Crippen molar-refractivity contribution in [2.45, 2.75) is 19.3 Å². The molecule has 2 rings (SSSR count). The zero-order valence-corrected chi connectivity index (χ0v) is 9.79. The summed E-state index contributed by atoms with van der Waals surface area (Å²) in [4.78, 5) is 24.6. The van der Waals surface area contributed by atoms with Gasteiger partial charge in [-0.3, -0.25) is 9.59 Å². The van der Waals surface area contributed by atoms with Gasteiger partial charge in [-0.2, -0.15) is 0 Å². The Kier molecular flexibility index (Phi) is 3.69. The van der Waals surface area contributed by atoms with E-state index in [-0.39, 0.29) is 24.7 Å². The highest BCUT2D eigenvalue weighted by Crippen LogP contribution is 2.12. The first-order valence-corrected chi connectivity index (χ1v) is 5.79. The van der Waals surface area contributed by atoms with Crippen molar-refractivity contribution in [3.05, 3.63) is 35.4 Å². The number of benzene rings is 1. The Bertz CT molecular complexity index is 488. The van der Waals surface area contributed by atoms with Crippen LogP contribution in [0.3, 0.4) is 0 Å². The lowest BCUT2D eigenvalue weighted by Crippen LogP contribution is -2.40. The van der Waals surface area contributed by atoms with Gasteiger partial charge in [-0.15, -0.1) is 0 Å². The van der Waals surface area contributed by atoms with Gasteiger partial charge in [0.25, 0.3) is 0 Å². The van der Waals surface area contributed by atoms with Crippen LogP contribution >= 0.6 is 0 Å². The van der Waals surface area contributed by atoms with E-state index in [4.69, 9.17) is 0 Å².